The molecule has 0 bridgehead atoms. The molecule has 0 radical (unpaired) electrons. The van der Waals surface area contributed by atoms with E-state index < -0.39 is 72.4 Å². The highest BCUT2D eigenvalue weighted by molar-refractivity contribution is 5.96. The van der Waals surface area contributed by atoms with Crippen LogP contribution in [-0.4, -0.2) is 77.5 Å². The van der Waals surface area contributed by atoms with Gasteiger partial charge in [-0.05, 0) is 19.3 Å². The van der Waals surface area contributed by atoms with E-state index >= 15 is 0 Å². The third-order valence-electron chi connectivity index (χ3n) is 4.70. The van der Waals surface area contributed by atoms with E-state index in [0.717, 1.165) is 0 Å². The maximum absolute atomic E-state index is 12.8. The monoisotopic (exact) mass is 455 g/mol. The molecule has 1 rings (SSSR count). The van der Waals surface area contributed by atoms with Crippen molar-refractivity contribution >= 4 is 41.4 Å². The number of hydrogen-bond donors (Lipinski definition) is 6. The van der Waals surface area contributed by atoms with E-state index in [9.17, 15) is 33.6 Å². The SMILES string of the molecule is CC(=O)N[C@@H](CC(N)=O)C(=O)N1CCC[C@H]1C(=O)NCC(=O)N[C@@H](CCC(N)=O)C(N)=O. The molecule has 3 atom stereocenters. The van der Waals surface area contributed by atoms with E-state index in [1.165, 1.54) is 11.8 Å². The molecule has 9 N–H and O–H groups in total. The van der Waals surface area contributed by atoms with Crippen molar-refractivity contribution in [2.75, 3.05) is 13.1 Å². The molecule has 1 fully saturated rings. The number of nitrogens with one attached hydrogen (secondary N) is 3. The van der Waals surface area contributed by atoms with E-state index in [1.54, 1.807) is 0 Å². The zero-order chi connectivity index (χ0) is 24.4. The van der Waals surface area contributed by atoms with Gasteiger partial charge in [0.2, 0.25) is 41.4 Å². The van der Waals surface area contributed by atoms with Crippen molar-refractivity contribution in [1.29, 1.82) is 0 Å². The smallest absolute Gasteiger partial charge is 0.246 e. The normalized spacial score (nSPS) is 17.0. The molecule has 14 nitrogen and oxygen atoms in total. The summed E-state index contributed by atoms with van der Waals surface area (Å²) in [5, 5.41) is 7.02. The lowest BCUT2D eigenvalue weighted by Gasteiger charge is -2.28. The van der Waals surface area contributed by atoms with Gasteiger partial charge in [0, 0.05) is 19.9 Å². The summed E-state index contributed by atoms with van der Waals surface area (Å²) in [5.74, 6) is -4.86. The van der Waals surface area contributed by atoms with Crippen molar-refractivity contribution in [2.45, 2.75) is 57.2 Å². The lowest BCUT2D eigenvalue weighted by Crippen LogP contribution is -2.55. The largest absolute Gasteiger partial charge is 0.370 e. The Morgan fingerprint density at radius 1 is 0.969 bits per heavy atom. The first-order valence-electron chi connectivity index (χ1n) is 9.93. The Labute approximate surface area is 183 Å². The predicted molar refractivity (Wildman–Crippen MR) is 109 cm³/mol. The summed E-state index contributed by atoms with van der Waals surface area (Å²) in [5.41, 5.74) is 15.3. The van der Waals surface area contributed by atoms with Crippen LogP contribution in [-0.2, 0) is 33.6 Å². The van der Waals surface area contributed by atoms with Gasteiger partial charge in [0.05, 0.1) is 13.0 Å². The second kappa shape index (κ2) is 12.2. The standard InChI is InChI=1S/C18H29N7O7/c1-9(26)23-11(7-14(20)28)18(32)25-6-2-3-12(25)17(31)22-8-15(29)24-10(16(21)30)4-5-13(19)27/h10-12H,2-8H2,1H3,(H2,19,27)(H2,20,28)(H2,21,30)(H,22,31)(H,23,26)(H,24,29)/t10-,11-,12-/m0/s1. The van der Waals surface area contributed by atoms with E-state index in [-0.39, 0.29) is 19.4 Å². The summed E-state index contributed by atoms with van der Waals surface area (Å²) >= 11 is 0. The van der Waals surface area contributed by atoms with Gasteiger partial charge in [-0.25, -0.2) is 0 Å². The molecular weight excluding hydrogens is 426 g/mol. The van der Waals surface area contributed by atoms with Crippen LogP contribution in [0.2, 0.25) is 0 Å². The van der Waals surface area contributed by atoms with Gasteiger partial charge in [-0.15, -0.1) is 0 Å². The number of hydrogen-bond acceptors (Lipinski definition) is 7. The summed E-state index contributed by atoms with van der Waals surface area (Å²) in [6, 6.07) is -3.26. The highest BCUT2D eigenvalue weighted by Gasteiger charge is 2.38. The van der Waals surface area contributed by atoms with Crippen molar-refractivity contribution in [1.82, 2.24) is 20.9 Å². The molecule has 0 aliphatic carbocycles. The quantitative estimate of drug-likeness (QED) is 0.169. The minimum Gasteiger partial charge on any atom is -0.370 e. The van der Waals surface area contributed by atoms with Crippen LogP contribution in [0, 0.1) is 0 Å². The first-order valence-corrected chi connectivity index (χ1v) is 9.93. The van der Waals surface area contributed by atoms with Gasteiger partial charge in [-0.2, -0.15) is 0 Å². The summed E-state index contributed by atoms with van der Waals surface area (Å²) in [7, 11) is 0. The van der Waals surface area contributed by atoms with Crippen LogP contribution in [0.1, 0.15) is 39.0 Å². The van der Waals surface area contributed by atoms with Gasteiger partial charge in [0.15, 0.2) is 0 Å². The molecule has 0 aromatic heterocycles. The van der Waals surface area contributed by atoms with Gasteiger partial charge in [-0.3, -0.25) is 33.6 Å². The number of primary amides is 3. The average molecular weight is 455 g/mol. The number of rotatable bonds is 12. The van der Waals surface area contributed by atoms with Crippen LogP contribution >= 0.6 is 0 Å². The van der Waals surface area contributed by atoms with Crippen LogP contribution in [0.3, 0.4) is 0 Å². The second-order valence-corrected chi connectivity index (χ2v) is 7.36. The van der Waals surface area contributed by atoms with Crippen molar-refractivity contribution < 1.29 is 33.6 Å². The Kier molecular flexibility index (Phi) is 10.1. The molecule has 1 aliphatic heterocycles. The van der Waals surface area contributed by atoms with Crippen LogP contribution < -0.4 is 33.2 Å². The number of nitrogens with two attached hydrogens (primary N) is 3. The van der Waals surface area contributed by atoms with Crippen LogP contribution in [0.15, 0.2) is 0 Å². The molecule has 0 aromatic carbocycles. The van der Waals surface area contributed by atoms with Crippen LogP contribution in [0.5, 0.6) is 0 Å². The fourth-order valence-corrected chi connectivity index (χ4v) is 3.25. The van der Waals surface area contributed by atoms with E-state index in [4.69, 9.17) is 17.2 Å². The molecule has 32 heavy (non-hydrogen) atoms. The number of carbonyl (C=O) groups is 7. The first kappa shape index (κ1) is 26.3. The fraction of sp³-hybridized carbons (Fsp3) is 0.611. The summed E-state index contributed by atoms with van der Waals surface area (Å²) in [6.45, 7) is 0.889. The van der Waals surface area contributed by atoms with E-state index in [2.05, 4.69) is 16.0 Å². The maximum atomic E-state index is 12.8. The van der Waals surface area contributed by atoms with Gasteiger partial charge in [-0.1, -0.05) is 0 Å². The molecule has 1 aliphatic rings. The van der Waals surface area contributed by atoms with Crippen molar-refractivity contribution in [3.8, 4) is 0 Å². The van der Waals surface area contributed by atoms with Crippen molar-refractivity contribution in [2.24, 2.45) is 17.2 Å². The first-order chi connectivity index (χ1) is 14.9. The molecule has 178 valence electrons. The highest BCUT2D eigenvalue weighted by atomic mass is 16.2. The van der Waals surface area contributed by atoms with E-state index in [1.807, 2.05) is 0 Å². The molecule has 7 amide bonds. The molecule has 0 spiro atoms. The number of nitrogens with zero attached hydrogens (tertiary/aromatic N) is 1. The Balaban J connectivity index is 2.70. The third-order valence-corrected chi connectivity index (χ3v) is 4.70. The van der Waals surface area contributed by atoms with Crippen LogP contribution in [0.4, 0.5) is 0 Å². The Hall–Kier alpha value is -3.71. The van der Waals surface area contributed by atoms with Crippen LogP contribution in [0.25, 0.3) is 0 Å². The Morgan fingerprint density at radius 2 is 1.62 bits per heavy atom. The topological polar surface area (TPSA) is 237 Å². The van der Waals surface area contributed by atoms with Crippen molar-refractivity contribution in [3.63, 3.8) is 0 Å². The minimum absolute atomic E-state index is 0.0837. The average Bonchev–Trinajstić information content (AvgIpc) is 3.17. The van der Waals surface area contributed by atoms with E-state index in [0.29, 0.717) is 12.8 Å². The lowest BCUT2D eigenvalue weighted by molar-refractivity contribution is -0.142. The molecular formula is C18H29N7O7. The van der Waals surface area contributed by atoms with Crippen molar-refractivity contribution in [3.05, 3.63) is 0 Å². The zero-order valence-corrected chi connectivity index (χ0v) is 17.7. The molecule has 1 heterocycles. The lowest BCUT2D eigenvalue weighted by atomic mass is 10.1. The number of likely N-dealkylation sites (tertiary alicyclic amines) is 1. The molecule has 0 saturated carbocycles. The summed E-state index contributed by atoms with van der Waals surface area (Å²) < 4.78 is 0. The third kappa shape index (κ3) is 8.57. The Bertz CT molecular complexity index is 770. The number of carbonyl (C=O) groups excluding carboxylic acids is 7. The van der Waals surface area contributed by atoms with Gasteiger partial charge in [0.1, 0.15) is 18.1 Å². The molecule has 0 aromatic rings. The molecule has 14 heteroatoms. The number of amides is 7. The summed E-state index contributed by atoms with van der Waals surface area (Å²) in [4.78, 5) is 83.4. The second-order valence-electron chi connectivity index (χ2n) is 7.36. The van der Waals surface area contributed by atoms with Gasteiger partial charge >= 0.3 is 0 Å². The fourth-order valence-electron chi connectivity index (χ4n) is 3.25. The molecule has 1 saturated heterocycles. The van der Waals surface area contributed by atoms with Gasteiger partial charge in [0.25, 0.3) is 0 Å². The maximum Gasteiger partial charge on any atom is 0.246 e. The highest BCUT2D eigenvalue weighted by Crippen LogP contribution is 2.19. The zero-order valence-electron chi connectivity index (χ0n) is 17.7. The van der Waals surface area contributed by atoms with Gasteiger partial charge < -0.3 is 38.1 Å². The molecule has 0 unspecified atom stereocenters. The Morgan fingerprint density at radius 3 is 2.16 bits per heavy atom. The summed E-state index contributed by atoms with van der Waals surface area (Å²) in [6.07, 6.45) is 0.132. The minimum atomic E-state index is -1.21. The predicted octanol–water partition coefficient (Wildman–Crippen LogP) is -4.29.